The lowest BCUT2D eigenvalue weighted by molar-refractivity contribution is 0.0171. The Labute approximate surface area is 128 Å². The van der Waals surface area contributed by atoms with Crippen molar-refractivity contribution < 1.29 is 9.53 Å². The van der Waals surface area contributed by atoms with Crippen LogP contribution in [0.2, 0.25) is 0 Å². The number of para-hydroxylation sites is 1. The average Bonchev–Trinajstić information content (AvgIpc) is 2.92. The van der Waals surface area contributed by atoms with E-state index in [-0.39, 0.29) is 12.0 Å². The first-order chi connectivity index (χ1) is 10.7. The van der Waals surface area contributed by atoms with Crippen molar-refractivity contribution in [3.8, 4) is 5.75 Å². The van der Waals surface area contributed by atoms with E-state index in [9.17, 15) is 4.79 Å². The van der Waals surface area contributed by atoms with Crippen LogP contribution in [0.4, 0.5) is 0 Å². The van der Waals surface area contributed by atoms with Crippen LogP contribution < -0.4 is 10.5 Å². The number of likely N-dealkylation sites (tertiary alicyclic amines) is 1. The lowest BCUT2D eigenvalue weighted by atomic mass is 10.1. The van der Waals surface area contributed by atoms with Crippen molar-refractivity contribution in [3.05, 3.63) is 41.7 Å². The minimum absolute atomic E-state index is 0.0316. The van der Waals surface area contributed by atoms with Crippen LogP contribution in [0, 0.1) is 6.92 Å². The van der Waals surface area contributed by atoms with Gasteiger partial charge in [-0.05, 0) is 18.6 Å². The molecule has 0 bridgehead atoms. The van der Waals surface area contributed by atoms with Crippen molar-refractivity contribution in [1.29, 1.82) is 0 Å². The summed E-state index contributed by atoms with van der Waals surface area (Å²) in [5.41, 5.74) is 6.89. The monoisotopic (exact) mass is 301 g/mol. The summed E-state index contributed by atoms with van der Waals surface area (Å²) in [7, 11) is 0. The van der Waals surface area contributed by atoms with Crippen molar-refractivity contribution in [2.24, 2.45) is 5.73 Å². The summed E-state index contributed by atoms with van der Waals surface area (Å²) in [5, 5.41) is 7.76. The smallest absolute Gasteiger partial charge is 0.276 e. The van der Waals surface area contributed by atoms with E-state index in [1.165, 1.54) is 0 Å². The summed E-state index contributed by atoms with van der Waals surface area (Å²) in [5.74, 6) is 0.751. The van der Waals surface area contributed by atoms with E-state index < -0.39 is 0 Å². The van der Waals surface area contributed by atoms with Gasteiger partial charge in [-0.2, -0.15) is 0 Å². The molecular weight excluding hydrogens is 282 g/mol. The molecule has 0 aliphatic carbocycles. The predicted molar refractivity (Wildman–Crippen MR) is 80.6 cm³/mol. The molecule has 0 radical (unpaired) electrons. The molecule has 22 heavy (non-hydrogen) atoms. The second-order valence-corrected chi connectivity index (χ2v) is 5.37. The molecule has 3 rings (SSSR count). The maximum Gasteiger partial charge on any atom is 0.276 e. The number of benzene rings is 1. The highest BCUT2D eigenvalue weighted by Crippen LogP contribution is 2.22. The van der Waals surface area contributed by atoms with Crippen molar-refractivity contribution in [2.45, 2.75) is 19.6 Å². The van der Waals surface area contributed by atoms with Crippen LogP contribution in [0.5, 0.6) is 5.75 Å². The Bertz CT molecular complexity index is 663. The van der Waals surface area contributed by atoms with E-state index in [1.807, 2.05) is 31.2 Å². The number of nitrogens with zero attached hydrogens (tertiary/aromatic N) is 4. The first kappa shape index (κ1) is 14.5. The minimum atomic E-state index is -0.118. The molecule has 2 N–H and O–H groups in total. The molecule has 1 aliphatic heterocycles. The van der Waals surface area contributed by atoms with E-state index in [0.717, 1.165) is 11.3 Å². The van der Waals surface area contributed by atoms with Crippen LogP contribution in [-0.2, 0) is 6.54 Å². The molecule has 0 spiro atoms. The first-order valence-corrected chi connectivity index (χ1v) is 7.29. The van der Waals surface area contributed by atoms with Crippen LogP contribution in [0.15, 0.2) is 30.5 Å². The molecule has 0 atom stereocenters. The molecule has 7 nitrogen and oxygen atoms in total. The number of amides is 1. The summed E-state index contributed by atoms with van der Waals surface area (Å²) in [4.78, 5) is 13.9. The second kappa shape index (κ2) is 6.15. The van der Waals surface area contributed by atoms with Gasteiger partial charge in [0.15, 0.2) is 5.69 Å². The van der Waals surface area contributed by atoms with E-state index >= 15 is 0 Å². The normalized spacial score (nSPS) is 14.7. The van der Waals surface area contributed by atoms with Gasteiger partial charge in [-0.15, -0.1) is 5.10 Å². The van der Waals surface area contributed by atoms with Gasteiger partial charge in [-0.1, -0.05) is 23.4 Å². The predicted octanol–water partition coefficient (Wildman–Crippen LogP) is 0.449. The quantitative estimate of drug-likeness (QED) is 0.866. The molecular formula is C15H19N5O2. The fourth-order valence-corrected chi connectivity index (χ4v) is 2.35. The number of ether oxygens (including phenoxy) is 1. The van der Waals surface area contributed by atoms with Crippen LogP contribution in [0.25, 0.3) is 0 Å². The third kappa shape index (κ3) is 2.94. The number of hydrogen-bond acceptors (Lipinski definition) is 5. The molecule has 1 aromatic heterocycles. The summed E-state index contributed by atoms with van der Waals surface area (Å²) < 4.78 is 7.47. The first-order valence-electron chi connectivity index (χ1n) is 7.29. The van der Waals surface area contributed by atoms with Crippen LogP contribution >= 0.6 is 0 Å². The molecule has 0 saturated carbocycles. The minimum Gasteiger partial charge on any atom is -0.486 e. The van der Waals surface area contributed by atoms with Gasteiger partial charge < -0.3 is 15.4 Å². The van der Waals surface area contributed by atoms with Crippen molar-refractivity contribution >= 4 is 5.91 Å². The van der Waals surface area contributed by atoms with E-state index in [4.69, 9.17) is 10.5 Å². The number of hydrogen-bond donors (Lipinski definition) is 1. The van der Waals surface area contributed by atoms with Crippen LogP contribution in [0.1, 0.15) is 16.1 Å². The SMILES string of the molecule is Cc1ccccc1OC1CN(C(=O)c2cn(CCN)nn2)C1. The Morgan fingerprint density at radius 3 is 2.91 bits per heavy atom. The maximum absolute atomic E-state index is 12.2. The number of carbonyl (C=O) groups is 1. The molecule has 2 heterocycles. The number of nitrogens with two attached hydrogens (primary N) is 1. The van der Waals surface area contributed by atoms with E-state index in [2.05, 4.69) is 10.3 Å². The van der Waals surface area contributed by atoms with Crippen LogP contribution in [-0.4, -0.2) is 51.5 Å². The summed E-state index contributed by atoms with van der Waals surface area (Å²) in [6.07, 6.45) is 1.66. The molecule has 116 valence electrons. The van der Waals surface area contributed by atoms with E-state index in [0.29, 0.717) is 31.9 Å². The Morgan fingerprint density at radius 2 is 2.18 bits per heavy atom. The zero-order chi connectivity index (χ0) is 15.5. The molecule has 1 fully saturated rings. The fourth-order valence-electron chi connectivity index (χ4n) is 2.35. The highest BCUT2D eigenvalue weighted by atomic mass is 16.5. The molecule has 1 saturated heterocycles. The van der Waals surface area contributed by atoms with Gasteiger partial charge in [0.2, 0.25) is 0 Å². The highest BCUT2D eigenvalue weighted by Gasteiger charge is 2.34. The fraction of sp³-hybridized carbons (Fsp3) is 0.400. The average molecular weight is 301 g/mol. The summed E-state index contributed by atoms with van der Waals surface area (Å²) in [6.45, 7) is 4.16. The Balaban J connectivity index is 1.54. The largest absolute Gasteiger partial charge is 0.486 e. The molecule has 1 amide bonds. The van der Waals surface area contributed by atoms with Gasteiger partial charge in [0.25, 0.3) is 5.91 Å². The third-order valence-electron chi connectivity index (χ3n) is 3.64. The number of rotatable bonds is 5. The van der Waals surface area contributed by atoms with Crippen molar-refractivity contribution in [2.75, 3.05) is 19.6 Å². The van der Waals surface area contributed by atoms with Gasteiger partial charge in [0.1, 0.15) is 11.9 Å². The topological polar surface area (TPSA) is 86.3 Å². The number of carbonyl (C=O) groups excluding carboxylic acids is 1. The summed E-state index contributed by atoms with van der Waals surface area (Å²) in [6, 6.07) is 7.87. The lowest BCUT2D eigenvalue weighted by Gasteiger charge is -2.38. The zero-order valence-corrected chi connectivity index (χ0v) is 12.5. The van der Waals surface area contributed by atoms with Gasteiger partial charge in [0, 0.05) is 6.54 Å². The van der Waals surface area contributed by atoms with Gasteiger partial charge in [0.05, 0.1) is 25.8 Å². The lowest BCUT2D eigenvalue weighted by Crippen LogP contribution is -2.56. The Kier molecular flexibility index (Phi) is 4.06. The van der Waals surface area contributed by atoms with E-state index in [1.54, 1.807) is 15.8 Å². The third-order valence-corrected chi connectivity index (χ3v) is 3.64. The zero-order valence-electron chi connectivity index (χ0n) is 12.5. The molecule has 2 aromatic rings. The Morgan fingerprint density at radius 1 is 1.41 bits per heavy atom. The molecule has 7 heteroatoms. The summed E-state index contributed by atoms with van der Waals surface area (Å²) >= 11 is 0. The Hall–Kier alpha value is -2.41. The molecule has 1 aromatic carbocycles. The van der Waals surface area contributed by atoms with Crippen molar-refractivity contribution in [3.63, 3.8) is 0 Å². The molecule has 1 aliphatic rings. The standard InChI is InChI=1S/C15H19N5O2/c1-11-4-2-3-5-14(11)22-12-8-19(9-12)15(21)13-10-20(7-6-16)18-17-13/h2-5,10,12H,6-9,16H2,1H3. The van der Waals surface area contributed by atoms with Crippen molar-refractivity contribution in [1.82, 2.24) is 19.9 Å². The van der Waals surface area contributed by atoms with Crippen LogP contribution in [0.3, 0.4) is 0 Å². The number of aromatic nitrogens is 3. The van der Waals surface area contributed by atoms with Gasteiger partial charge in [-0.25, -0.2) is 0 Å². The van der Waals surface area contributed by atoms with Gasteiger partial charge >= 0.3 is 0 Å². The second-order valence-electron chi connectivity index (χ2n) is 5.37. The highest BCUT2D eigenvalue weighted by molar-refractivity contribution is 5.92. The molecule has 0 unspecified atom stereocenters. The van der Waals surface area contributed by atoms with Gasteiger partial charge in [-0.3, -0.25) is 9.48 Å². The maximum atomic E-state index is 12.2. The number of aryl methyl sites for hydroxylation is 1.